The van der Waals surface area contributed by atoms with Gasteiger partial charge < -0.3 is 20.3 Å². The highest BCUT2D eigenvalue weighted by Crippen LogP contribution is 2.37. The maximum Gasteiger partial charge on any atom is 0.354 e. The summed E-state index contributed by atoms with van der Waals surface area (Å²) in [5.41, 5.74) is 1.03. The molecule has 0 saturated carbocycles. The molecule has 0 aromatic carbocycles. The zero-order valence-corrected chi connectivity index (χ0v) is 17.6. The minimum atomic E-state index is -1.06. The molecule has 0 aliphatic rings. The average molecular weight is 460 g/mol. The van der Waals surface area contributed by atoms with Crippen LogP contribution in [-0.2, 0) is 4.79 Å². The number of thiazole rings is 1. The number of carboxylic acid groups (broad SMARTS) is 2. The zero-order chi connectivity index (χ0) is 22.1. The molecule has 12 heteroatoms. The van der Waals surface area contributed by atoms with Gasteiger partial charge in [-0.1, -0.05) is 0 Å². The minimum absolute atomic E-state index is 0.00593. The largest absolute Gasteiger partial charge is 0.492 e. The number of aromatic nitrogens is 4. The van der Waals surface area contributed by atoms with Gasteiger partial charge >= 0.3 is 5.97 Å². The van der Waals surface area contributed by atoms with Crippen molar-refractivity contribution in [2.24, 2.45) is 0 Å². The number of thiophene rings is 1. The van der Waals surface area contributed by atoms with Gasteiger partial charge in [-0.15, -0.1) is 22.7 Å². The highest BCUT2D eigenvalue weighted by atomic mass is 32.1. The van der Waals surface area contributed by atoms with E-state index >= 15 is 0 Å². The first-order valence-electron chi connectivity index (χ1n) is 8.90. The molecule has 160 valence electrons. The Hall–Kier alpha value is -3.64. The van der Waals surface area contributed by atoms with Gasteiger partial charge in [0.1, 0.15) is 33.4 Å². The summed E-state index contributed by atoms with van der Waals surface area (Å²) >= 11 is 3.16. The molecule has 0 unspecified atom stereocenters. The van der Waals surface area contributed by atoms with Crippen LogP contribution in [0.5, 0.6) is 5.75 Å². The predicted octanol–water partition coefficient (Wildman–Crippen LogP) is 3.49. The molecule has 0 radical (unpaired) electrons. The number of nitrogens with one attached hydrogen (secondary N) is 1. The summed E-state index contributed by atoms with van der Waals surface area (Å²) in [6, 6.07) is 3.02. The fourth-order valence-corrected chi connectivity index (χ4v) is 4.21. The lowest BCUT2D eigenvalue weighted by molar-refractivity contribution is -0.122. The summed E-state index contributed by atoms with van der Waals surface area (Å²) in [4.78, 5) is 37.0. The van der Waals surface area contributed by atoms with Gasteiger partial charge in [0.2, 0.25) is 0 Å². The molecule has 0 aliphatic carbocycles. The fraction of sp³-hybridized carbons (Fsp3) is 0.158. The molecule has 0 spiro atoms. The lowest BCUT2D eigenvalue weighted by Crippen LogP contribution is -2.09. The first-order chi connectivity index (χ1) is 15.1. The van der Waals surface area contributed by atoms with Crippen molar-refractivity contribution >= 4 is 51.1 Å². The Morgan fingerprint density at radius 1 is 1.19 bits per heavy atom. The van der Waals surface area contributed by atoms with Crippen LogP contribution in [0.25, 0.3) is 20.8 Å². The molecule has 0 bridgehead atoms. The molecule has 0 amide bonds. The molecule has 4 heterocycles. The van der Waals surface area contributed by atoms with Crippen LogP contribution in [0.2, 0.25) is 0 Å². The molecule has 4 rings (SSSR count). The number of hydrogen-bond acceptors (Lipinski definition) is 10. The maximum absolute atomic E-state index is 10.8. The van der Waals surface area contributed by atoms with E-state index in [1.165, 1.54) is 12.3 Å². The van der Waals surface area contributed by atoms with Crippen LogP contribution < -0.4 is 10.1 Å². The summed E-state index contributed by atoms with van der Waals surface area (Å²) in [7, 11) is 0. The van der Waals surface area contributed by atoms with E-state index in [2.05, 4.69) is 30.6 Å². The van der Waals surface area contributed by atoms with E-state index in [0.29, 0.717) is 18.9 Å². The van der Waals surface area contributed by atoms with Gasteiger partial charge in [-0.05, 0) is 18.6 Å². The van der Waals surface area contributed by atoms with E-state index in [1.807, 2.05) is 5.38 Å². The SMILES string of the molecule is O=C(O)c1ccc(OCCCNc2ncnc3scc(-c4nccs4)c23)cn1.O=CO. The Balaban J connectivity index is 0.000000858. The molecule has 3 N–H and O–H groups in total. The smallest absolute Gasteiger partial charge is 0.354 e. The summed E-state index contributed by atoms with van der Waals surface area (Å²) in [5, 5.41) is 25.0. The van der Waals surface area contributed by atoms with E-state index in [0.717, 1.165) is 33.0 Å². The number of rotatable bonds is 8. The van der Waals surface area contributed by atoms with Gasteiger partial charge in [0, 0.05) is 29.1 Å². The van der Waals surface area contributed by atoms with Crippen LogP contribution in [0.3, 0.4) is 0 Å². The molecule has 10 nitrogen and oxygen atoms in total. The summed E-state index contributed by atoms with van der Waals surface area (Å²) < 4.78 is 5.60. The minimum Gasteiger partial charge on any atom is -0.492 e. The lowest BCUT2D eigenvalue weighted by Gasteiger charge is -2.09. The van der Waals surface area contributed by atoms with Gasteiger partial charge in [0.05, 0.1) is 18.2 Å². The monoisotopic (exact) mass is 459 g/mol. The van der Waals surface area contributed by atoms with E-state index in [4.69, 9.17) is 19.7 Å². The summed E-state index contributed by atoms with van der Waals surface area (Å²) in [6.07, 6.45) is 5.49. The third-order valence-corrected chi connectivity index (χ3v) is 5.56. The van der Waals surface area contributed by atoms with Crippen molar-refractivity contribution < 1.29 is 24.5 Å². The Morgan fingerprint density at radius 2 is 2.03 bits per heavy atom. The van der Waals surface area contributed by atoms with Crippen molar-refractivity contribution in [3.8, 4) is 16.3 Å². The number of carboxylic acids is 1. The van der Waals surface area contributed by atoms with E-state index < -0.39 is 5.97 Å². The van der Waals surface area contributed by atoms with Crippen LogP contribution in [0, 0.1) is 0 Å². The van der Waals surface area contributed by atoms with Crippen LogP contribution in [0.1, 0.15) is 16.9 Å². The van der Waals surface area contributed by atoms with Crippen molar-refractivity contribution in [2.75, 3.05) is 18.5 Å². The standard InChI is InChI=1S/C18H15N5O3S2.CH2O2/c24-18(25)13-3-2-11(8-21-13)26-6-1-4-19-15-14-12(16-20-5-7-27-16)9-28-17(14)23-10-22-15;2-1-3/h2-3,5,7-10H,1,4,6H2,(H,24,25)(H,19,22,23);1H,(H,2,3). The normalized spacial score (nSPS) is 10.2. The Morgan fingerprint density at radius 3 is 2.71 bits per heavy atom. The highest BCUT2D eigenvalue weighted by Gasteiger charge is 2.14. The van der Waals surface area contributed by atoms with Gasteiger partial charge in [0.15, 0.2) is 0 Å². The number of anilines is 1. The predicted molar refractivity (Wildman–Crippen MR) is 117 cm³/mol. The van der Waals surface area contributed by atoms with Gasteiger partial charge in [-0.2, -0.15) is 0 Å². The zero-order valence-electron chi connectivity index (χ0n) is 16.0. The molecular weight excluding hydrogens is 442 g/mol. The molecule has 0 atom stereocenters. The van der Waals surface area contributed by atoms with E-state index in [-0.39, 0.29) is 12.2 Å². The molecule has 4 aromatic heterocycles. The van der Waals surface area contributed by atoms with Crippen LogP contribution in [0.4, 0.5) is 5.82 Å². The lowest BCUT2D eigenvalue weighted by atomic mass is 10.2. The van der Waals surface area contributed by atoms with Crippen molar-refractivity contribution in [3.05, 3.63) is 47.3 Å². The van der Waals surface area contributed by atoms with Crippen molar-refractivity contribution in [3.63, 3.8) is 0 Å². The van der Waals surface area contributed by atoms with Gasteiger partial charge in [-0.25, -0.2) is 24.7 Å². The van der Waals surface area contributed by atoms with Crippen LogP contribution in [-0.4, -0.2) is 55.7 Å². The van der Waals surface area contributed by atoms with Gasteiger partial charge in [-0.3, -0.25) is 4.79 Å². The number of aromatic carboxylic acids is 1. The second-order valence-corrected chi connectivity index (χ2v) is 7.56. The summed E-state index contributed by atoms with van der Waals surface area (Å²) in [5.74, 6) is 0.264. The fourth-order valence-electron chi connectivity index (χ4n) is 2.58. The number of ether oxygens (including phenoxy) is 1. The average Bonchev–Trinajstić information content (AvgIpc) is 3.44. The number of pyridine rings is 1. The topological polar surface area (TPSA) is 147 Å². The molecule has 0 fully saturated rings. The van der Waals surface area contributed by atoms with E-state index in [9.17, 15) is 4.79 Å². The number of nitrogens with zero attached hydrogens (tertiary/aromatic N) is 4. The molecule has 0 aliphatic heterocycles. The number of carbonyl (C=O) groups is 2. The Bertz CT molecular complexity index is 1130. The van der Waals surface area contributed by atoms with Crippen molar-refractivity contribution in [1.29, 1.82) is 0 Å². The number of hydrogen-bond donors (Lipinski definition) is 3. The second kappa shape index (κ2) is 10.9. The van der Waals surface area contributed by atoms with E-state index in [1.54, 1.807) is 41.3 Å². The maximum atomic E-state index is 10.8. The Labute approximate surface area is 184 Å². The third kappa shape index (κ3) is 5.71. The molecule has 0 saturated heterocycles. The van der Waals surface area contributed by atoms with Crippen molar-refractivity contribution in [2.45, 2.75) is 6.42 Å². The Kier molecular flexibility index (Phi) is 7.79. The number of fused-ring (bicyclic) bond motifs is 1. The first kappa shape index (κ1) is 22.1. The van der Waals surface area contributed by atoms with Crippen LogP contribution in [0.15, 0.2) is 41.6 Å². The highest BCUT2D eigenvalue weighted by molar-refractivity contribution is 7.18. The van der Waals surface area contributed by atoms with Crippen molar-refractivity contribution in [1.82, 2.24) is 19.9 Å². The quantitative estimate of drug-likeness (QED) is 0.264. The first-order valence-corrected chi connectivity index (χ1v) is 10.7. The second-order valence-electron chi connectivity index (χ2n) is 5.81. The van der Waals surface area contributed by atoms with Crippen LogP contribution >= 0.6 is 22.7 Å². The summed E-state index contributed by atoms with van der Waals surface area (Å²) in [6.45, 7) is 0.887. The van der Waals surface area contributed by atoms with Gasteiger partial charge in [0.25, 0.3) is 6.47 Å². The molecule has 4 aromatic rings. The molecular formula is C19H17N5O5S2. The third-order valence-electron chi connectivity index (χ3n) is 3.87. The molecule has 31 heavy (non-hydrogen) atoms.